The van der Waals surface area contributed by atoms with Crippen molar-refractivity contribution in [1.82, 2.24) is 0 Å². The first-order valence-electron chi connectivity index (χ1n) is 4.27. The van der Waals surface area contributed by atoms with Crippen molar-refractivity contribution in [3.05, 3.63) is 0 Å². The fraction of sp³-hybridized carbons (Fsp3) is 0.889. The summed E-state index contributed by atoms with van der Waals surface area (Å²) in [5, 5.41) is 0. The molecule has 0 amide bonds. The highest BCUT2D eigenvalue weighted by Crippen LogP contribution is 2.21. The zero-order chi connectivity index (χ0) is 9.61. The van der Waals surface area contributed by atoms with E-state index in [-0.39, 0.29) is 12.6 Å². The molecule has 3 heteroatoms. The molecule has 0 aliphatic heterocycles. The van der Waals surface area contributed by atoms with Crippen LogP contribution in [0.2, 0.25) is 0 Å². The van der Waals surface area contributed by atoms with E-state index in [0.717, 1.165) is 6.42 Å². The maximum Gasteiger partial charge on any atom is 0.311 e. The summed E-state index contributed by atoms with van der Waals surface area (Å²) in [6.07, 6.45) is 1.03. The number of carbonyl (C=O) groups excluding carboxylic acids is 1. The number of alkyl halides is 1. The van der Waals surface area contributed by atoms with Gasteiger partial charge < -0.3 is 4.74 Å². The molecule has 72 valence electrons. The molecule has 0 radical (unpaired) electrons. The zero-order valence-corrected chi connectivity index (χ0v) is 8.02. The van der Waals surface area contributed by atoms with E-state index in [2.05, 4.69) is 0 Å². The van der Waals surface area contributed by atoms with Gasteiger partial charge in [0.1, 0.15) is 0 Å². The predicted octanol–water partition coefficient (Wildman–Crippen LogP) is 2.33. The van der Waals surface area contributed by atoms with Gasteiger partial charge in [0.05, 0.1) is 18.7 Å². The van der Waals surface area contributed by atoms with E-state index < -0.39 is 12.1 Å². The molecule has 12 heavy (non-hydrogen) atoms. The largest absolute Gasteiger partial charge is 0.465 e. The van der Waals surface area contributed by atoms with Crippen molar-refractivity contribution in [2.75, 3.05) is 13.3 Å². The Balaban J connectivity index is 3.72. The first kappa shape index (κ1) is 11.4. The van der Waals surface area contributed by atoms with Crippen molar-refractivity contribution in [3.8, 4) is 0 Å². The van der Waals surface area contributed by atoms with Crippen LogP contribution < -0.4 is 0 Å². The Morgan fingerprint density at radius 2 is 2.08 bits per heavy atom. The van der Waals surface area contributed by atoms with Gasteiger partial charge in [0.25, 0.3) is 0 Å². The highest BCUT2D eigenvalue weighted by molar-refractivity contribution is 5.75. The van der Waals surface area contributed by atoms with Gasteiger partial charge in [-0.3, -0.25) is 9.18 Å². The van der Waals surface area contributed by atoms with E-state index in [0.29, 0.717) is 6.42 Å². The Kier molecular flexibility index (Phi) is 4.86. The van der Waals surface area contributed by atoms with Crippen LogP contribution >= 0.6 is 0 Å². The fourth-order valence-corrected chi connectivity index (χ4v) is 0.559. The fourth-order valence-electron chi connectivity index (χ4n) is 0.559. The molecular weight excluding hydrogens is 159 g/mol. The molecule has 0 aliphatic carbocycles. The second-order valence-corrected chi connectivity index (χ2v) is 3.42. The molecule has 0 saturated heterocycles. The van der Waals surface area contributed by atoms with Gasteiger partial charge in [-0.1, -0.05) is 6.92 Å². The third kappa shape index (κ3) is 3.69. The number of carbonyl (C=O) groups is 1. The minimum atomic E-state index is -0.434. The van der Waals surface area contributed by atoms with Crippen LogP contribution in [0.25, 0.3) is 0 Å². The summed E-state index contributed by atoms with van der Waals surface area (Å²) in [5.41, 5.74) is -0.434. The lowest BCUT2D eigenvalue weighted by Gasteiger charge is -2.19. The van der Waals surface area contributed by atoms with Gasteiger partial charge in [-0.2, -0.15) is 0 Å². The Labute approximate surface area is 73.1 Å². The summed E-state index contributed by atoms with van der Waals surface area (Å²) >= 11 is 0. The monoisotopic (exact) mass is 176 g/mol. The van der Waals surface area contributed by atoms with Crippen molar-refractivity contribution >= 4 is 5.97 Å². The molecule has 0 aliphatic rings. The standard InChI is InChI=1S/C9H17FO2/c1-4-9(2,3)8(11)12-7-5-6-10/h4-7H2,1-3H3. The summed E-state index contributed by atoms with van der Waals surface area (Å²) in [6, 6.07) is 0. The zero-order valence-electron chi connectivity index (χ0n) is 8.02. The first-order valence-corrected chi connectivity index (χ1v) is 4.27. The molecule has 0 aromatic heterocycles. The predicted molar refractivity (Wildman–Crippen MR) is 45.6 cm³/mol. The van der Waals surface area contributed by atoms with E-state index in [1.807, 2.05) is 20.8 Å². The van der Waals surface area contributed by atoms with Crippen LogP contribution in [0.15, 0.2) is 0 Å². The Bertz CT molecular complexity index is 143. The van der Waals surface area contributed by atoms with Crippen LogP contribution in [0.4, 0.5) is 4.39 Å². The number of hydrogen-bond donors (Lipinski definition) is 0. The van der Waals surface area contributed by atoms with Gasteiger partial charge in [-0.15, -0.1) is 0 Å². The minimum Gasteiger partial charge on any atom is -0.465 e. The molecule has 0 aromatic carbocycles. The number of ether oxygens (including phenoxy) is 1. The van der Waals surface area contributed by atoms with E-state index in [9.17, 15) is 9.18 Å². The second-order valence-electron chi connectivity index (χ2n) is 3.42. The average Bonchev–Trinajstić information content (AvgIpc) is 2.05. The van der Waals surface area contributed by atoms with Crippen LogP contribution in [0.5, 0.6) is 0 Å². The average molecular weight is 176 g/mol. The van der Waals surface area contributed by atoms with Gasteiger partial charge in [0, 0.05) is 6.42 Å². The molecular formula is C9H17FO2. The second kappa shape index (κ2) is 5.12. The minimum absolute atomic E-state index is 0.193. The first-order chi connectivity index (χ1) is 5.54. The van der Waals surface area contributed by atoms with Gasteiger partial charge in [0.15, 0.2) is 0 Å². The molecule has 0 heterocycles. The molecule has 2 nitrogen and oxygen atoms in total. The van der Waals surface area contributed by atoms with Crippen LogP contribution in [0.1, 0.15) is 33.6 Å². The van der Waals surface area contributed by atoms with E-state index >= 15 is 0 Å². The molecule has 0 aromatic rings. The third-order valence-electron chi connectivity index (χ3n) is 1.95. The van der Waals surface area contributed by atoms with Gasteiger partial charge in [-0.25, -0.2) is 0 Å². The highest BCUT2D eigenvalue weighted by Gasteiger charge is 2.26. The summed E-state index contributed by atoms with van der Waals surface area (Å²) in [5.74, 6) is -0.238. The summed E-state index contributed by atoms with van der Waals surface area (Å²) in [4.78, 5) is 11.2. The Morgan fingerprint density at radius 1 is 1.50 bits per heavy atom. The van der Waals surface area contributed by atoms with Gasteiger partial charge in [-0.05, 0) is 20.3 Å². The molecule has 0 rings (SSSR count). The van der Waals surface area contributed by atoms with Gasteiger partial charge in [0.2, 0.25) is 0 Å². The lowest BCUT2D eigenvalue weighted by atomic mass is 9.91. The molecule has 0 atom stereocenters. The van der Waals surface area contributed by atoms with Crippen LogP contribution in [0.3, 0.4) is 0 Å². The molecule has 0 fully saturated rings. The van der Waals surface area contributed by atoms with Crippen molar-refractivity contribution in [2.45, 2.75) is 33.6 Å². The SMILES string of the molecule is CCC(C)(C)C(=O)OCCCF. The smallest absolute Gasteiger partial charge is 0.311 e. The van der Waals surface area contributed by atoms with Crippen molar-refractivity contribution in [1.29, 1.82) is 0 Å². The molecule has 0 N–H and O–H groups in total. The molecule has 0 saturated carbocycles. The maximum absolute atomic E-state index is 11.6. The van der Waals surface area contributed by atoms with Gasteiger partial charge >= 0.3 is 5.97 Å². The van der Waals surface area contributed by atoms with Crippen molar-refractivity contribution < 1.29 is 13.9 Å². The normalized spacial score (nSPS) is 11.3. The lowest BCUT2D eigenvalue weighted by Crippen LogP contribution is -2.26. The third-order valence-corrected chi connectivity index (χ3v) is 1.95. The van der Waals surface area contributed by atoms with E-state index in [1.54, 1.807) is 0 Å². The number of hydrogen-bond acceptors (Lipinski definition) is 2. The van der Waals surface area contributed by atoms with Crippen LogP contribution in [-0.4, -0.2) is 19.3 Å². The van der Waals surface area contributed by atoms with Crippen molar-refractivity contribution in [3.63, 3.8) is 0 Å². The van der Waals surface area contributed by atoms with Crippen molar-refractivity contribution in [2.24, 2.45) is 5.41 Å². The highest BCUT2D eigenvalue weighted by atomic mass is 19.1. The Morgan fingerprint density at radius 3 is 2.50 bits per heavy atom. The van der Waals surface area contributed by atoms with Crippen LogP contribution in [0, 0.1) is 5.41 Å². The van der Waals surface area contributed by atoms with E-state index in [1.165, 1.54) is 0 Å². The maximum atomic E-state index is 11.6. The summed E-state index contributed by atoms with van der Waals surface area (Å²) in [7, 11) is 0. The lowest BCUT2D eigenvalue weighted by molar-refractivity contribution is -0.154. The number of halogens is 1. The quantitative estimate of drug-likeness (QED) is 0.474. The molecule has 0 unspecified atom stereocenters. The topological polar surface area (TPSA) is 26.3 Å². The Hall–Kier alpha value is -0.600. The van der Waals surface area contributed by atoms with E-state index in [4.69, 9.17) is 4.74 Å². The summed E-state index contributed by atoms with van der Waals surface area (Å²) in [6.45, 7) is 5.34. The number of rotatable bonds is 5. The summed E-state index contributed by atoms with van der Waals surface area (Å²) < 4.78 is 16.5. The van der Waals surface area contributed by atoms with Crippen LogP contribution in [-0.2, 0) is 9.53 Å². The number of esters is 1. The molecule has 0 spiro atoms. The molecule has 0 bridgehead atoms.